The number of aryl methyl sites for hydroxylation is 2. The third-order valence-corrected chi connectivity index (χ3v) is 4.63. The lowest BCUT2D eigenvalue weighted by Gasteiger charge is -2.25. The minimum atomic E-state index is 0.0859. The van der Waals surface area contributed by atoms with Crippen molar-refractivity contribution in [3.05, 3.63) is 41.1 Å². The van der Waals surface area contributed by atoms with Gasteiger partial charge >= 0.3 is 0 Å². The summed E-state index contributed by atoms with van der Waals surface area (Å²) in [6.07, 6.45) is 2.49. The van der Waals surface area contributed by atoms with E-state index in [4.69, 9.17) is 0 Å². The van der Waals surface area contributed by atoms with Crippen LogP contribution in [0.3, 0.4) is 0 Å². The lowest BCUT2D eigenvalue weighted by atomic mass is 10.1. The van der Waals surface area contributed by atoms with Crippen molar-refractivity contribution >= 4 is 16.8 Å². The van der Waals surface area contributed by atoms with Crippen LogP contribution in [0.4, 0.5) is 0 Å². The zero-order valence-electron chi connectivity index (χ0n) is 13.2. The zero-order chi connectivity index (χ0) is 15.1. The van der Waals surface area contributed by atoms with Crippen molar-refractivity contribution in [3.8, 4) is 0 Å². The van der Waals surface area contributed by atoms with Gasteiger partial charge in [0.1, 0.15) is 0 Å². The summed E-state index contributed by atoms with van der Waals surface area (Å²) in [7, 11) is 1.91. The second-order valence-electron chi connectivity index (χ2n) is 6.31. The SMILES string of the molecule is Cc1ccc2nc(C)c(C(=O)N(C)C(C)C3CC3)cc2c1. The van der Waals surface area contributed by atoms with Crippen LogP contribution in [0.5, 0.6) is 0 Å². The van der Waals surface area contributed by atoms with Gasteiger partial charge in [0, 0.05) is 18.5 Å². The van der Waals surface area contributed by atoms with Crippen LogP contribution in [-0.4, -0.2) is 28.9 Å². The average molecular weight is 282 g/mol. The third kappa shape index (κ3) is 2.65. The first kappa shape index (κ1) is 14.1. The van der Waals surface area contributed by atoms with Crippen molar-refractivity contribution < 1.29 is 4.79 Å². The Bertz CT molecular complexity index is 704. The highest BCUT2D eigenvalue weighted by atomic mass is 16.2. The molecule has 110 valence electrons. The van der Waals surface area contributed by atoms with Crippen LogP contribution < -0.4 is 0 Å². The number of pyridine rings is 1. The molecule has 1 heterocycles. The quantitative estimate of drug-likeness (QED) is 0.859. The van der Waals surface area contributed by atoms with E-state index in [1.165, 1.54) is 18.4 Å². The molecule has 2 aromatic rings. The van der Waals surface area contributed by atoms with Gasteiger partial charge < -0.3 is 4.90 Å². The van der Waals surface area contributed by atoms with E-state index < -0.39 is 0 Å². The van der Waals surface area contributed by atoms with Gasteiger partial charge in [-0.25, -0.2) is 0 Å². The number of nitrogens with zero attached hydrogens (tertiary/aromatic N) is 2. The molecule has 1 aliphatic carbocycles. The topological polar surface area (TPSA) is 33.2 Å². The summed E-state index contributed by atoms with van der Waals surface area (Å²) in [4.78, 5) is 19.2. The fraction of sp³-hybridized carbons (Fsp3) is 0.444. The van der Waals surface area contributed by atoms with Crippen LogP contribution in [-0.2, 0) is 0 Å². The van der Waals surface area contributed by atoms with Gasteiger partial charge in [0.25, 0.3) is 5.91 Å². The highest BCUT2D eigenvalue weighted by Gasteiger charge is 2.33. The molecule has 21 heavy (non-hydrogen) atoms. The molecule has 3 heteroatoms. The van der Waals surface area contributed by atoms with Crippen molar-refractivity contribution in [2.24, 2.45) is 5.92 Å². The Balaban J connectivity index is 1.98. The Morgan fingerprint density at radius 3 is 2.67 bits per heavy atom. The fourth-order valence-corrected chi connectivity index (χ4v) is 2.88. The highest BCUT2D eigenvalue weighted by molar-refractivity contribution is 5.98. The molecule has 1 fully saturated rings. The van der Waals surface area contributed by atoms with E-state index in [1.54, 1.807) is 0 Å². The van der Waals surface area contributed by atoms with Gasteiger partial charge in [-0.2, -0.15) is 0 Å². The molecule has 1 amide bonds. The molecule has 1 atom stereocenters. The molecule has 0 bridgehead atoms. The van der Waals surface area contributed by atoms with E-state index in [2.05, 4.69) is 31.0 Å². The summed E-state index contributed by atoms with van der Waals surface area (Å²) in [6, 6.07) is 8.46. The fourth-order valence-electron chi connectivity index (χ4n) is 2.88. The maximum Gasteiger partial charge on any atom is 0.255 e. The van der Waals surface area contributed by atoms with Crippen molar-refractivity contribution in [3.63, 3.8) is 0 Å². The molecule has 1 aliphatic rings. The number of fused-ring (bicyclic) bond motifs is 1. The van der Waals surface area contributed by atoms with Crippen molar-refractivity contribution in [2.45, 2.75) is 39.7 Å². The van der Waals surface area contributed by atoms with Crippen molar-refractivity contribution in [1.29, 1.82) is 0 Å². The number of hydrogen-bond donors (Lipinski definition) is 0. The summed E-state index contributed by atoms with van der Waals surface area (Å²) >= 11 is 0. The number of benzene rings is 1. The first-order chi connectivity index (χ1) is 9.97. The van der Waals surface area contributed by atoms with Crippen LogP contribution in [0.1, 0.15) is 41.4 Å². The average Bonchev–Trinajstić information content (AvgIpc) is 3.29. The summed E-state index contributed by atoms with van der Waals surface area (Å²) < 4.78 is 0. The molecule has 0 saturated heterocycles. The largest absolute Gasteiger partial charge is 0.339 e. The third-order valence-electron chi connectivity index (χ3n) is 4.63. The molecule has 1 unspecified atom stereocenters. The standard InChI is InChI=1S/C18H22N2O/c1-11-5-8-17-15(9-11)10-16(12(2)19-17)18(21)20(4)13(3)14-6-7-14/h5,8-10,13-14H,6-7H2,1-4H3. The van der Waals surface area contributed by atoms with Gasteiger partial charge in [-0.3, -0.25) is 9.78 Å². The zero-order valence-corrected chi connectivity index (χ0v) is 13.2. The van der Waals surface area contributed by atoms with E-state index >= 15 is 0 Å². The van der Waals surface area contributed by atoms with Crippen LogP contribution >= 0.6 is 0 Å². The second-order valence-corrected chi connectivity index (χ2v) is 6.31. The van der Waals surface area contributed by atoms with Gasteiger partial charge in [0.2, 0.25) is 0 Å². The minimum absolute atomic E-state index is 0.0859. The van der Waals surface area contributed by atoms with Gasteiger partial charge in [0.15, 0.2) is 0 Å². The first-order valence-electron chi connectivity index (χ1n) is 7.62. The number of amides is 1. The Hall–Kier alpha value is -1.90. The van der Waals surface area contributed by atoms with Gasteiger partial charge in [-0.15, -0.1) is 0 Å². The van der Waals surface area contributed by atoms with Gasteiger partial charge in [-0.1, -0.05) is 11.6 Å². The molecule has 1 aromatic carbocycles. The predicted molar refractivity (Wildman–Crippen MR) is 85.5 cm³/mol. The summed E-state index contributed by atoms with van der Waals surface area (Å²) in [5, 5.41) is 1.04. The highest BCUT2D eigenvalue weighted by Crippen LogP contribution is 2.35. The summed E-state index contributed by atoms with van der Waals surface area (Å²) in [5.41, 5.74) is 3.67. The number of aromatic nitrogens is 1. The lowest BCUT2D eigenvalue weighted by Crippen LogP contribution is -2.36. The minimum Gasteiger partial charge on any atom is -0.339 e. The summed E-state index contributed by atoms with van der Waals surface area (Å²) in [5.74, 6) is 0.762. The van der Waals surface area contributed by atoms with Gasteiger partial charge in [-0.05, 0) is 57.7 Å². The maximum absolute atomic E-state index is 12.8. The molecule has 3 rings (SSSR count). The molecule has 0 aliphatic heterocycles. The number of hydrogen-bond acceptors (Lipinski definition) is 2. The van der Waals surface area contributed by atoms with E-state index in [0.29, 0.717) is 12.0 Å². The van der Waals surface area contributed by atoms with Crippen LogP contribution in [0.15, 0.2) is 24.3 Å². The van der Waals surface area contributed by atoms with E-state index in [-0.39, 0.29) is 5.91 Å². The van der Waals surface area contributed by atoms with Crippen LogP contribution in [0.2, 0.25) is 0 Å². The monoisotopic (exact) mass is 282 g/mol. The van der Waals surface area contributed by atoms with Crippen molar-refractivity contribution in [2.75, 3.05) is 7.05 Å². The molecule has 3 nitrogen and oxygen atoms in total. The van der Waals surface area contributed by atoms with Crippen molar-refractivity contribution in [1.82, 2.24) is 9.88 Å². The molecule has 0 N–H and O–H groups in total. The summed E-state index contributed by atoms with van der Waals surface area (Å²) in [6.45, 7) is 6.12. The Morgan fingerprint density at radius 1 is 1.29 bits per heavy atom. The normalized spacial score (nSPS) is 16.0. The second kappa shape index (κ2) is 5.14. The Labute approximate surface area is 126 Å². The number of rotatable bonds is 3. The first-order valence-corrected chi connectivity index (χ1v) is 7.62. The Morgan fingerprint density at radius 2 is 2.00 bits per heavy atom. The number of carbonyl (C=O) groups excluding carboxylic acids is 1. The molecular weight excluding hydrogens is 260 g/mol. The molecule has 1 aromatic heterocycles. The van der Waals surface area contributed by atoms with Gasteiger partial charge in [0.05, 0.1) is 16.8 Å². The molecule has 0 radical (unpaired) electrons. The Kier molecular flexibility index (Phi) is 3.44. The molecular formula is C18H22N2O. The van der Waals surface area contributed by atoms with E-state index in [9.17, 15) is 4.79 Å². The maximum atomic E-state index is 12.8. The molecule has 1 saturated carbocycles. The van der Waals surface area contributed by atoms with E-state index in [0.717, 1.165) is 22.2 Å². The number of carbonyl (C=O) groups is 1. The molecule has 0 spiro atoms. The predicted octanol–water partition coefficient (Wildman–Crippen LogP) is 3.72. The smallest absolute Gasteiger partial charge is 0.255 e. The lowest BCUT2D eigenvalue weighted by molar-refractivity contribution is 0.0726. The van der Waals surface area contributed by atoms with E-state index in [1.807, 2.05) is 31.0 Å². The van der Waals surface area contributed by atoms with Crippen LogP contribution in [0.25, 0.3) is 10.9 Å². The van der Waals surface area contributed by atoms with Crippen LogP contribution in [0, 0.1) is 19.8 Å².